The minimum Gasteiger partial charge on any atom is -0.387 e. The quantitative estimate of drug-likeness (QED) is 0.601. The van der Waals surface area contributed by atoms with Crippen molar-refractivity contribution in [2.75, 3.05) is 5.32 Å². The number of rotatable bonds is 6. The number of anilines is 2. The second-order valence-electron chi connectivity index (χ2n) is 7.87. The summed E-state index contributed by atoms with van der Waals surface area (Å²) < 4.78 is 1.53. The van der Waals surface area contributed by atoms with Crippen molar-refractivity contribution in [2.24, 2.45) is 0 Å². The fourth-order valence-corrected chi connectivity index (χ4v) is 2.66. The lowest BCUT2D eigenvalue weighted by Gasteiger charge is -2.35. The number of nitrogens with zero attached hydrogens (tertiary/aromatic N) is 5. The Labute approximate surface area is 164 Å². The zero-order valence-electron chi connectivity index (χ0n) is 16.8. The first-order valence-electron chi connectivity index (χ1n) is 9.07. The highest BCUT2D eigenvalue weighted by Crippen LogP contribution is 2.26. The van der Waals surface area contributed by atoms with Crippen molar-refractivity contribution in [1.82, 2.24) is 25.0 Å². The molecule has 0 unspecified atom stereocenters. The lowest BCUT2D eigenvalue weighted by molar-refractivity contribution is -0.129. The molecule has 2 heterocycles. The van der Waals surface area contributed by atoms with E-state index in [4.69, 9.17) is 0 Å². The van der Waals surface area contributed by atoms with E-state index < -0.39 is 11.2 Å². The summed E-state index contributed by atoms with van der Waals surface area (Å²) in [6.07, 6.45) is 3.46. The summed E-state index contributed by atoms with van der Waals surface area (Å²) in [5.41, 5.74) is 1.71. The third kappa shape index (κ3) is 4.52. The summed E-state index contributed by atoms with van der Waals surface area (Å²) in [5, 5.41) is 32.2. The van der Waals surface area contributed by atoms with Crippen LogP contribution in [0.2, 0.25) is 0 Å². The van der Waals surface area contributed by atoms with E-state index in [0.29, 0.717) is 11.6 Å². The van der Waals surface area contributed by atoms with E-state index in [0.717, 1.165) is 22.5 Å². The number of aromatic nitrogens is 5. The first-order chi connectivity index (χ1) is 13.0. The van der Waals surface area contributed by atoms with E-state index in [-0.39, 0.29) is 6.54 Å². The van der Waals surface area contributed by atoms with Crippen LogP contribution in [0.15, 0.2) is 36.7 Å². The molecule has 148 valence electrons. The molecule has 0 amide bonds. The predicted octanol–water partition coefficient (Wildman–Crippen LogP) is 2.62. The van der Waals surface area contributed by atoms with Crippen molar-refractivity contribution in [3.8, 4) is 11.3 Å². The molecule has 3 rings (SSSR count). The molecule has 8 heteroatoms. The largest absolute Gasteiger partial charge is 0.387 e. The van der Waals surface area contributed by atoms with Crippen LogP contribution >= 0.6 is 0 Å². The minimum atomic E-state index is -1.35. The van der Waals surface area contributed by atoms with Crippen molar-refractivity contribution in [2.45, 2.75) is 52.4 Å². The molecule has 1 aromatic carbocycles. The van der Waals surface area contributed by atoms with Gasteiger partial charge in [0.2, 0.25) is 5.95 Å². The van der Waals surface area contributed by atoms with Gasteiger partial charge in [-0.2, -0.15) is 0 Å². The van der Waals surface area contributed by atoms with Crippen molar-refractivity contribution in [1.29, 1.82) is 0 Å². The maximum absolute atomic E-state index is 10.5. The van der Waals surface area contributed by atoms with Crippen molar-refractivity contribution in [3.05, 3.63) is 47.9 Å². The summed E-state index contributed by atoms with van der Waals surface area (Å²) in [6, 6.07) is 7.79. The molecule has 0 bridgehead atoms. The Morgan fingerprint density at radius 3 is 2.54 bits per heavy atom. The lowest BCUT2D eigenvalue weighted by atomic mass is 9.88. The summed E-state index contributed by atoms with van der Waals surface area (Å²) >= 11 is 0. The molecule has 1 atom stereocenters. The second-order valence-corrected chi connectivity index (χ2v) is 7.87. The first kappa shape index (κ1) is 19.9. The lowest BCUT2D eigenvalue weighted by Crippen LogP contribution is -2.50. The van der Waals surface area contributed by atoms with Gasteiger partial charge in [0.15, 0.2) is 0 Å². The van der Waals surface area contributed by atoms with Crippen LogP contribution in [0.1, 0.15) is 32.0 Å². The Balaban J connectivity index is 1.85. The van der Waals surface area contributed by atoms with Crippen LogP contribution in [0.25, 0.3) is 11.3 Å². The Morgan fingerprint density at radius 1 is 1.11 bits per heavy atom. The van der Waals surface area contributed by atoms with Crippen LogP contribution in [0.5, 0.6) is 0 Å². The topological polar surface area (TPSA) is 109 Å². The molecule has 0 saturated carbocycles. The average Bonchev–Trinajstić information content (AvgIpc) is 3.01. The monoisotopic (exact) mass is 382 g/mol. The Kier molecular flexibility index (Phi) is 5.18. The van der Waals surface area contributed by atoms with Crippen LogP contribution in [0.3, 0.4) is 0 Å². The molecule has 3 aromatic rings. The molecular weight excluding hydrogens is 356 g/mol. The van der Waals surface area contributed by atoms with Crippen LogP contribution in [0, 0.1) is 13.8 Å². The number of nitrogens with one attached hydrogen (secondary N) is 1. The van der Waals surface area contributed by atoms with E-state index in [1.807, 2.05) is 38.1 Å². The molecular formula is C20H26N6O2. The molecule has 0 saturated heterocycles. The maximum Gasteiger partial charge on any atom is 0.227 e. The number of hydrogen-bond donors (Lipinski definition) is 3. The van der Waals surface area contributed by atoms with Crippen molar-refractivity contribution in [3.63, 3.8) is 0 Å². The van der Waals surface area contributed by atoms with Crippen molar-refractivity contribution < 1.29 is 10.2 Å². The third-order valence-electron chi connectivity index (χ3n) is 4.75. The molecule has 0 aliphatic carbocycles. The van der Waals surface area contributed by atoms with E-state index in [2.05, 4.69) is 25.6 Å². The van der Waals surface area contributed by atoms with Crippen LogP contribution in [0.4, 0.5) is 11.6 Å². The van der Waals surface area contributed by atoms with Crippen LogP contribution < -0.4 is 5.32 Å². The van der Waals surface area contributed by atoms with Gasteiger partial charge in [0.25, 0.3) is 0 Å². The van der Waals surface area contributed by atoms with E-state index in [1.54, 1.807) is 33.2 Å². The maximum atomic E-state index is 10.5. The van der Waals surface area contributed by atoms with Gasteiger partial charge in [0.05, 0.1) is 18.3 Å². The Morgan fingerprint density at radius 2 is 1.86 bits per heavy atom. The standard InChI is InChI=1S/C20H26N6O2/c1-13-8-15(10-16(9-13)23-18-21-7-6-14(2)22-18)17-11-26(25-24-17)12-20(5,28)19(3,4)27/h6-11,27-28H,12H2,1-5H3,(H,21,22,23)/t20-/m0/s1. The van der Waals surface area contributed by atoms with Gasteiger partial charge in [0, 0.05) is 23.1 Å². The van der Waals surface area contributed by atoms with Gasteiger partial charge in [-0.15, -0.1) is 5.10 Å². The molecule has 8 nitrogen and oxygen atoms in total. The SMILES string of the molecule is Cc1cc(Nc2nccc(C)n2)cc(-c2cn(C[C@](C)(O)C(C)(C)O)nn2)c1. The van der Waals surface area contributed by atoms with Gasteiger partial charge >= 0.3 is 0 Å². The van der Waals surface area contributed by atoms with Crippen LogP contribution in [-0.2, 0) is 6.54 Å². The fourth-order valence-electron chi connectivity index (χ4n) is 2.66. The van der Waals surface area contributed by atoms with E-state index >= 15 is 0 Å². The summed E-state index contributed by atoms with van der Waals surface area (Å²) in [6.45, 7) is 8.74. The number of benzene rings is 1. The minimum absolute atomic E-state index is 0.123. The number of hydrogen-bond acceptors (Lipinski definition) is 7. The molecule has 3 N–H and O–H groups in total. The summed E-state index contributed by atoms with van der Waals surface area (Å²) in [7, 11) is 0. The van der Waals surface area contributed by atoms with Gasteiger partial charge < -0.3 is 15.5 Å². The molecule has 0 aliphatic heterocycles. The summed E-state index contributed by atoms with van der Waals surface area (Å²) in [5.74, 6) is 0.529. The highest BCUT2D eigenvalue weighted by molar-refractivity contribution is 5.68. The van der Waals surface area contributed by atoms with Gasteiger partial charge in [-0.1, -0.05) is 5.21 Å². The number of aryl methyl sites for hydroxylation is 2. The normalized spacial score (nSPS) is 14.0. The van der Waals surface area contributed by atoms with Gasteiger partial charge in [-0.05, 0) is 64.4 Å². The highest BCUT2D eigenvalue weighted by atomic mass is 16.4. The van der Waals surface area contributed by atoms with Gasteiger partial charge in [-0.25, -0.2) is 14.6 Å². The zero-order chi connectivity index (χ0) is 20.5. The Bertz CT molecular complexity index is 975. The molecule has 0 spiro atoms. The van der Waals surface area contributed by atoms with Gasteiger partial charge in [-0.3, -0.25) is 0 Å². The Hall–Kier alpha value is -2.84. The number of aliphatic hydroxyl groups is 2. The molecule has 2 aromatic heterocycles. The van der Waals surface area contributed by atoms with E-state index in [9.17, 15) is 10.2 Å². The fraction of sp³-hybridized carbons (Fsp3) is 0.400. The molecule has 0 aliphatic rings. The first-order valence-corrected chi connectivity index (χ1v) is 9.07. The van der Waals surface area contributed by atoms with Crippen LogP contribution in [-0.4, -0.2) is 46.4 Å². The summed E-state index contributed by atoms with van der Waals surface area (Å²) in [4.78, 5) is 8.59. The zero-order valence-corrected chi connectivity index (χ0v) is 16.8. The molecule has 28 heavy (non-hydrogen) atoms. The highest BCUT2D eigenvalue weighted by Gasteiger charge is 2.38. The van der Waals surface area contributed by atoms with E-state index in [1.165, 1.54) is 4.68 Å². The van der Waals surface area contributed by atoms with Crippen molar-refractivity contribution >= 4 is 11.6 Å². The smallest absolute Gasteiger partial charge is 0.227 e. The van der Waals surface area contributed by atoms with Gasteiger partial charge in [0.1, 0.15) is 11.3 Å². The predicted molar refractivity (Wildman–Crippen MR) is 107 cm³/mol. The third-order valence-corrected chi connectivity index (χ3v) is 4.75. The average molecular weight is 382 g/mol. The second kappa shape index (κ2) is 7.29. The molecule has 0 radical (unpaired) electrons. The molecule has 0 fully saturated rings.